The van der Waals surface area contributed by atoms with Crippen molar-refractivity contribution in [3.63, 3.8) is 0 Å². The maximum atomic E-state index is 10.9. The van der Waals surface area contributed by atoms with Gasteiger partial charge in [0.05, 0.1) is 7.11 Å². The molecule has 0 aliphatic heterocycles. The van der Waals surface area contributed by atoms with E-state index in [1.807, 2.05) is 18.3 Å². The van der Waals surface area contributed by atoms with Gasteiger partial charge in [0.2, 0.25) is 0 Å². The molecule has 5 heteroatoms. The summed E-state index contributed by atoms with van der Waals surface area (Å²) in [5.74, 6) is -0.173. The number of allylic oxidation sites excluding steroid dienone is 2. The zero-order chi connectivity index (χ0) is 16.3. The van der Waals surface area contributed by atoms with Crippen LogP contribution in [0, 0.1) is 0 Å². The van der Waals surface area contributed by atoms with E-state index in [1.54, 1.807) is 7.11 Å². The highest BCUT2D eigenvalue weighted by Gasteiger charge is 2.16. The number of hydrogen-bond acceptors (Lipinski definition) is 3. The van der Waals surface area contributed by atoms with Crippen molar-refractivity contribution in [3.8, 4) is 5.75 Å². The molecule has 4 N–H and O–H groups in total. The Morgan fingerprint density at radius 1 is 1.41 bits per heavy atom. The van der Waals surface area contributed by atoms with Gasteiger partial charge in [-0.15, -0.1) is 0 Å². The van der Waals surface area contributed by atoms with Crippen LogP contribution in [0.25, 0.3) is 10.9 Å². The molecule has 0 aliphatic carbocycles. The van der Waals surface area contributed by atoms with Gasteiger partial charge in [-0.05, 0) is 37.5 Å². The average molecular weight is 302 g/mol. The highest BCUT2D eigenvalue weighted by Crippen LogP contribution is 2.29. The normalized spacial score (nSPS) is 12.2. The van der Waals surface area contributed by atoms with Crippen molar-refractivity contribution >= 4 is 16.9 Å². The second-order valence-corrected chi connectivity index (χ2v) is 5.66. The predicted octanol–water partition coefficient (Wildman–Crippen LogP) is 2.64. The molecule has 0 saturated carbocycles. The molecule has 0 spiro atoms. The first-order valence-electron chi connectivity index (χ1n) is 7.21. The van der Waals surface area contributed by atoms with Gasteiger partial charge in [-0.3, -0.25) is 4.79 Å². The van der Waals surface area contributed by atoms with Crippen LogP contribution < -0.4 is 10.5 Å². The Bertz CT molecular complexity index is 712. The summed E-state index contributed by atoms with van der Waals surface area (Å²) in [4.78, 5) is 14.1. The van der Waals surface area contributed by atoms with Crippen molar-refractivity contribution in [3.05, 3.63) is 41.1 Å². The number of nitrogens with one attached hydrogen (secondary N) is 1. The Kier molecular flexibility index (Phi) is 4.88. The maximum absolute atomic E-state index is 10.9. The number of carboxylic acids is 1. The first-order valence-corrected chi connectivity index (χ1v) is 7.21. The number of methoxy groups -OCH3 is 1. The van der Waals surface area contributed by atoms with E-state index in [9.17, 15) is 4.79 Å². The molecule has 0 bridgehead atoms. The Morgan fingerprint density at radius 3 is 2.73 bits per heavy atom. The topological polar surface area (TPSA) is 88.3 Å². The van der Waals surface area contributed by atoms with Crippen LogP contribution in [0.15, 0.2) is 30.0 Å². The van der Waals surface area contributed by atoms with Crippen LogP contribution in [-0.2, 0) is 17.6 Å². The third-order valence-electron chi connectivity index (χ3n) is 3.66. The van der Waals surface area contributed by atoms with Gasteiger partial charge in [-0.1, -0.05) is 11.6 Å². The van der Waals surface area contributed by atoms with Gasteiger partial charge in [0.1, 0.15) is 11.8 Å². The minimum Gasteiger partial charge on any atom is -0.496 e. The van der Waals surface area contributed by atoms with Crippen molar-refractivity contribution in [2.45, 2.75) is 32.7 Å². The monoisotopic (exact) mass is 302 g/mol. The highest BCUT2D eigenvalue weighted by molar-refractivity contribution is 5.86. The lowest BCUT2D eigenvalue weighted by Gasteiger charge is -2.09. The van der Waals surface area contributed by atoms with E-state index in [2.05, 4.69) is 24.9 Å². The molecule has 1 atom stereocenters. The summed E-state index contributed by atoms with van der Waals surface area (Å²) < 4.78 is 5.45. The summed E-state index contributed by atoms with van der Waals surface area (Å²) in [5, 5.41) is 9.97. The van der Waals surface area contributed by atoms with E-state index in [1.165, 1.54) is 5.57 Å². The number of nitrogens with two attached hydrogens (primary N) is 1. The number of aromatic amines is 1. The molecule has 0 aliphatic rings. The van der Waals surface area contributed by atoms with E-state index in [0.717, 1.165) is 34.2 Å². The van der Waals surface area contributed by atoms with Crippen LogP contribution in [0.3, 0.4) is 0 Å². The van der Waals surface area contributed by atoms with Crippen LogP contribution in [0.2, 0.25) is 0 Å². The first-order chi connectivity index (χ1) is 10.4. The zero-order valence-electron chi connectivity index (χ0n) is 13.1. The van der Waals surface area contributed by atoms with Gasteiger partial charge >= 0.3 is 5.97 Å². The molecule has 0 radical (unpaired) electrons. The number of benzene rings is 1. The first kappa shape index (κ1) is 16.1. The third kappa shape index (κ3) is 3.49. The number of ether oxygens (including phenoxy) is 1. The number of hydrogen-bond donors (Lipinski definition) is 3. The summed E-state index contributed by atoms with van der Waals surface area (Å²) in [6, 6.07) is 3.09. The van der Waals surface area contributed by atoms with E-state index < -0.39 is 12.0 Å². The molecule has 0 fully saturated rings. The molecule has 5 nitrogen and oxygen atoms in total. The summed E-state index contributed by atoms with van der Waals surface area (Å²) in [6.45, 7) is 4.11. The van der Waals surface area contributed by atoms with Crippen LogP contribution in [-0.4, -0.2) is 29.2 Å². The molecule has 1 aromatic carbocycles. The standard InChI is InChI=1S/C17H22N2O3/c1-10(2)4-5-11-6-13-12(7-14(18)17(20)21)9-19-15(13)8-16(11)22-3/h4,6,8-9,14,19H,5,7,18H2,1-3H3,(H,20,21)/t14-/m0/s1. The number of H-pyrrole nitrogens is 1. The lowest BCUT2D eigenvalue weighted by atomic mass is 10.0. The van der Waals surface area contributed by atoms with E-state index in [0.29, 0.717) is 6.42 Å². The lowest BCUT2D eigenvalue weighted by Crippen LogP contribution is -2.32. The summed E-state index contributed by atoms with van der Waals surface area (Å²) in [7, 11) is 1.65. The second-order valence-electron chi connectivity index (χ2n) is 5.66. The molecule has 1 aromatic heterocycles. The lowest BCUT2D eigenvalue weighted by molar-refractivity contribution is -0.138. The van der Waals surface area contributed by atoms with E-state index in [4.69, 9.17) is 15.6 Å². The summed E-state index contributed by atoms with van der Waals surface area (Å²) in [5.41, 5.74) is 9.78. The third-order valence-corrected chi connectivity index (χ3v) is 3.66. The fourth-order valence-electron chi connectivity index (χ4n) is 2.41. The number of carboxylic acid groups (broad SMARTS) is 1. The molecule has 2 aromatic rings. The zero-order valence-corrected chi connectivity index (χ0v) is 13.1. The van der Waals surface area contributed by atoms with Crippen molar-refractivity contribution in [2.75, 3.05) is 7.11 Å². The molecular weight excluding hydrogens is 280 g/mol. The maximum Gasteiger partial charge on any atom is 0.320 e. The fraction of sp³-hybridized carbons (Fsp3) is 0.353. The van der Waals surface area contributed by atoms with Crippen LogP contribution in [0.4, 0.5) is 0 Å². The van der Waals surface area contributed by atoms with Crippen LogP contribution in [0.5, 0.6) is 5.75 Å². The molecule has 118 valence electrons. The largest absolute Gasteiger partial charge is 0.496 e. The Morgan fingerprint density at radius 2 is 2.14 bits per heavy atom. The smallest absolute Gasteiger partial charge is 0.320 e. The summed E-state index contributed by atoms with van der Waals surface area (Å²) in [6.07, 6.45) is 5.03. The predicted molar refractivity (Wildman–Crippen MR) is 87.3 cm³/mol. The van der Waals surface area contributed by atoms with Gasteiger partial charge in [-0.25, -0.2) is 0 Å². The van der Waals surface area contributed by atoms with Crippen LogP contribution in [0.1, 0.15) is 25.0 Å². The van der Waals surface area contributed by atoms with Crippen molar-refractivity contribution in [1.82, 2.24) is 4.98 Å². The van der Waals surface area contributed by atoms with Gasteiger partial charge < -0.3 is 20.6 Å². The second kappa shape index (κ2) is 6.66. The van der Waals surface area contributed by atoms with E-state index >= 15 is 0 Å². The molecule has 22 heavy (non-hydrogen) atoms. The Balaban J connectivity index is 2.43. The van der Waals surface area contributed by atoms with Gasteiger partial charge in [0.25, 0.3) is 0 Å². The number of aromatic nitrogens is 1. The van der Waals surface area contributed by atoms with Gasteiger partial charge in [0, 0.05) is 29.6 Å². The Hall–Kier alpha value is -2.27. The minimum atomic E-state index is -0.993. The van der Waals surface area contributed by atoms with E-state index in [-0.39, 0.29) is 0 Å². The number of fused-ring (bicyclic) bond motifs is 1. The number of carbonyl (C=O) groups is 1. The van der Waals surface area contributed by atoms with Crippen molar-refractivity contribution in [2.24, 2.45) is 5.73 Å². The van der Waals surface area contributed by atoms with Gasteiger partial charge in [0.15, 0.2) is 0 Å². The molecule has 0 saturated heterocycles. The van der Waals surface area contributed by atoms with Crippen molar-refractivity contribution in [1.29, 1.82) is 0 Å². The summed E-state index contributed by atoms with van der Waals surface area (Å²) >= 11 is 0. The van der Waals surface area contributed by atoms with Gasteiger partial charge in [-0.2, -0.15) is 0 Å². The minimum absolute atomic E-state index is 0.295. The molecular formula is C17H22N2O3. The quantitative estimate of drug-likeness (QED) is 0.716. The molecule has 1 heterocycles. The molecule has 0 unspecified atom stereocenters. The highest BCUT2D eigenvalue weighted by atomic mass is 16.5. The number of rotatable bonds is 6. The Labute approximate surface area is 129 Å². The number of aliphatic carboxylic acids is 1. The average Bonchev–Trinajstić information content (AvgIpc) is 2.85. The molecule has 0 amide bonds. The SMILES string of the molecule is COc1cc2[nH]cc(C[C@H](N)C(=O)O)c2cc1CC=C(C)C. The van der Waals surface area contributed by atoms with Crippen molar-refractivity contribution < 1.29 is 14.6 Å². The fourth-order valence-corrected chi connectivity index (χ4v) is 2.41. The van der Waals surface area contributed by atoms with Crippen LogP contribution >= 0.6 is 0 Å². The molecule has 2 rings (SSSR count).